The van der Waals surface area contributed by atoms with Gasteiger partial charge in [0.1, 0.15) is 5.58 Å². The smallest absolute Gasteiger partial charge is 0.307 e. The van der Waals surface area contributed by atoms with Gasteiger partial charge in [-0.15, -0.1) is 0 Å². The predicted octanol–water partition coefficient (Wildman–Crippen LogP) is 3.29. The van der Waals surface area contributed by atoms with Crippen molar-refractivity contribution >= 4 is 38.8 Å². The highest BCUT2D eigenvalue weighted by molar-refractivity contribution is 9.10. The number of ether oxygens (including phenoxy) is 1. The maximum atomic E-state index is 12.6. The second-order valence-electron chi connectivity index (χ2n) is 5.76. The van der Waals surface area contributed by atoms with Gasteiger partial charge in [0.2, 0.25) is 5.91 Å². The van der Waals surface area contributed by atoms with Gasteiger partial charge in [-0.25, -0.2) is 0 Å². The lowest BCUT2D eigenvalue weighted by molar-refractivity contribution is -0.142. The van der Waals surface area contributed by atoms with E-state index in [-0.39, 0.29) is 24.3 Å². The number of likely N-dealkylation sites (tertiary alicyclic amines) is 1. The standard InChI is InChI=1S/C17H18BrNO4/c1-22-16(21)10-13-3-2-5-19(13)15(20)9-11-7-12-4-6-23-17(12)14(18)8-11/h4,6-8,13H,2-3,5,9-10H2,1H3. The molecule has 1 aliphatic rings. The number of methoxy groups -OCH3 is 1. The van der Waals surface area contributed by atoms with Crippen LogP contribution in [0.15, 0.2) is 33.4 Å². The summed E-state index contributed by atoms with van der Waals surface area (Å²) in [5.74, 6) is -0.219. The van der Waals surface area contributed by atoms with Gasteiger partial charge < -0.3 is 14.1 Å². The maximum absolute atomic E-state index is 12.6. The third kappa shape index (κ3) is 3.42. The Morgan fingerprint density at radius 1 is 1.43 bits per heavy atom. The van der Waals surface area contributed by atoms with Gasteiger partial charge in [-0.05, 0) is 52.5 Å². The lowest BCUT2D eigenvalue weighted by atomic mass is 10.1. The van der Waals surface area contributed by atoms with Crippen LogP contribution in [-0.2, 0) is 20.7 Å². The van der Waals surface area contributed by atoms with Crippen LogP contribution in [0.5, 0.6) is 0 Å². The normalized spacial score (nSPS) is 17.7. The summed E-state index contributed by atoms with van der Waals surface area (Å²) in [5, 5.41) is 0.967. The highest BCUT2D eigenvalue weighted by Gasteiger charge is 2.30. The molecule has 1 unspecified atom stereocenters. The quantitative estimate of drug-likeness (QED) is 0.764. The Morgan fingerprint density at radius 2 is 2.26 bits per heavy atom. The SMILES string of the molecule is COC(=O)CC1CCCN1C(=O)Cc1cc(Br)c2occc2c1. The van der Waals surface area contributed by atoms with Crippen LogP contribution in [0, 0.1) is 0 Å². The van der Waals surface area contributed by atoms with E-state index in [0.717, 1.165) is 33.8 Å². The molecule has 1 fully saturated rings. The van der Waals surface area contributed by atoms with E-state index in [1.54, 1.807) is 6.26 Å². The molecule has 1 amide bonds. The fraction of sp³-hybridized carbons (Fsp3) is 0.412. The molecule has 122 valence electrons. The molecule has 1 atom stereocenters. The van der Waals surface area contributed by atoms with Gasteiger partial charge in [-0.2, -0.15) is 0 Å². The number of furan rings is 1. The Hall–Kier alpha value is -1.82. The molecule has 5 nitrogen and oxygen atoms in total. The van der Waals surface area contributed by atoms with Crippen LogP contribution in [0.3, 0.4) is 0 Å². The first-order chi connectivity index (χ1) is 11.1. The van der Waals surface area contributed by atoms with E-state index in [0.29, 0.717) is 13.0 Å². The Balaban J connectivity index is 1.73. The minimum absolute atomic E-state index is 0.0453. The second-order valence-corrected chi connectivity index (χ2v) is 6.61. The van der Waals surface area contributed by atoms with Crippen molar-refractivity contribution in [3.05, 3.63) is 34.5 Å². The molecule has 0 N–H and O–H groups in total. The van der Waals surface area contributed by atoms with E-state index in [2.05, 4.69) is 15.9 Å². The van der Waals surface area contributed by atoms with E-state index in [9.17, 15) is 9.59 Å². The highest BCUT2D eigenvalue weighted by atomic mass is 79.9. The summed E-state index contributed by atoms with van der Waals surface area (Å²) < 4.78 is 11.0. The number of rotatable bonds is 4. The van der Waals surface area contributed by atoms with E-state index in [4.69, 9.17) is 9.15 Å². The van der Waals surface area contributed by atoms with Crippen molar-refractivity contribution in [2.45, 2.75) is 31.7 Å². The minimum Gasteiger partial charge on any atom is -0.469 e. The predicted molar refractivity (Wildman–Crippen MR) is 89.0 cm³/mol. The van der Waals surface area contributed by atoms with Crippen LogP contribution in [0.25, 0.3) is 11.0 Å². The molecule has 0 saturated carbocycles. The number of hydrogen-bond donors (Lipinski definition) is 0. The average Bonchev–Trinajstić information content (AvgIpc) is 3.16. The minimum atomic E-state index is -0.266. The molecular formula is C17H18BrNO4. The number of nitrogens with zero attached hydrogens (tertiary/aromatic N) is 1. The molecule has 0 spiro atoms. The lowest BCUT2D eigenvalue weighted by Gasteiger charge is -2.24. The van der Waals surface area contributed by atoms with Crippen LogP contribution in [0.4, 0.5) is 0 Å². The van der Waals surface area contributed by atoms with E-state index < -0.39 is 0 Å². The molecule has 1 aliphatic heterocycles. The third-order valence-electron chi connectivity index (χ3n) is 4.25. The molecule has 1 aromatic carbocycles. The van der Waals surface area contributed by atoms with Gasteiger partial charge >= 0.3 is 5.97 Å². The number of halogens is 1. The maximum Gasteiger partial charge on any atom is 0.307 e. The molecule has 0 radical (unpaired) electrons. The molecule has 23 heavy (non-hydrogen) atoms. The summed E-state index contributed by atoms with van der Waals surface area (Å²) in [4.78, 5) is 25.9. The number of carbonyl (C=O) groups excluding carboxylic acids is 2. The Bertz CT molecular complexity index is 739. The molecule has 0 aliphatic carbocycles. The first-order valence-corrected chi connectivity index (χ1v) is 8.39. The van der Waals surface area contributed by atoms with Crippen molar-refractivity contribution in [3.8, 4) is 0 Å². The zero-order valence-corrected chi connectivity index (χ0v) is 14.5. The number of hydrogen-bond acceptors (Lipinski definition) is 4. The largest absolute Gasteiger partial charge is 0.469 e. The van der Waals surface area contributed by atoms with Gasteiger partial charge in [0.05, 0.1) is 30.7 Å². The molecule has 2 heterocycles. The van der Waals surface area contributed by atoms with Crippen molar-refractivity contribution in [1.29, 1.82) is 0 Å². The first kappa shape index (κ1) is 16.1. The van der Waals surface area contributed by atoms with Crippen molar-refractivity contribution in [1.82, 2.24) is 4.90 Å². The van der Waals surface area contributed by atoms with Gasteiger partial charge in [-0.3, -0.25) is 9.59 Å². The molecule has 0 bridgehead atoms. The number of carbonyl (C=O) groups is 2. The van der Waals surface area contributed by atoms with Crippen molar-refractivity contribution in [3.63, 3.8) is 0 Å². The van der Waals surface area contributed by atoms with E-state index >= 15 is 0 Å². The number of esters is 1. The topological polar surface area (TPSA) is 59.8 Å². The monoisotopic (exact) mass is 379 g/mol. The first-order valence-electron chi connectivity index (χ1n) is 7.60. The number of benzene rings is 1. The Kier molecular flexibility index (Phi) is 4.71. The van der Waals surface area contributed by atoms with E-state index in [1.807, 2.05) is 23.1 Å². The average molecular weight is 380 g/mol. The van der Waals surface area contributed by atoms with E-state index in [1.165, 1.54) is 7.11 Å². The van der Waals surface area contributed by atoms with Crippen molar-refractivity contribution in [2.75, 3.05) is 13.7 Å². The second kappa shape index (κ2) is 6.74. The van der Waals surface area contributed by atoms with Crippen molar-refractivity contribution < 1.29 is 18.7 Å². The molecule has 1 saturated heterocycles. The summed E-state index contributed by atoms with van der Waals surface area (Å²) in [6.45, 7) is 0.704. The van der Waals surface area contributed by atoms with Gasteiger partial charge in [0.25, 0.3) is 0 Å². The van der Waals surface area contributed by atoms with Gasteiger partial charge in [-0.1, -0.05) is 0 Å². The van der Waals surface area contributed by atoms with Gasteiger partial charge in [0.15, 0.2) is 0 Å². The van der Waals surface area contributed by atoms with Crippen LogP contribution in [0.2, 0.25) is 0 Å². The highest BCUT2D eigenvalue weighted by Crippen LogP contribution is 2.28. The van der Waals surface area contributed by atoms with Crippen LogP contribution in [-0.4, -0.2) is 36.5 Å². The fourth-order valence-electron chi connectivity index (χ4n) is 3.13. The van der Waals surface area contributed by atoms with Crippen molar-refractivity contribution in [2.24, 2.45) is 0 Å². The Labute approximate surface area is 142 Å². The fourth-order valence-corrected chi connectivity index (χ4v) is 3.74. The molecule has 6 heteroatoms. The summed E-state index contributed by atoms with van der Waals surface area (Å²) in [6.07, 6.45) is 4.00. The molecular weight excluding hydrogens is 362 g/mol. The third-order valence-corrected chi connectivity index (χ3v) is 4.84. The lowest BCUT2D eigenvalue weighted by Crippen LogP contribution is -2.38. The summed E-state index contributed by atoms with van der Waals surface area (Å²) in [5.41, 5.74) is 1.71. The van der Waals surface area contributed by atoms with Gasteiger partial charge in [0, 0.05) is 18.0 Å². The summed E-state index contributed by atoms with van der Waals surface area (Å²) in [6, 6.07) is 5.71. The Morgan fingerprint density at radius 3 is 3.04 bits per heavy atom. The zero-order chi connectivity index (χ0) is 16.4. The molecule has 1 aromatic heterocycles. The molecule has 3 rings (SSSR count). The zero-order valence-electron chi connectivity index (χ0n) is 12.9. The van der Waals surface area contributed by atoms with Crippen LogP contribution >= 0.6 is 15.9 Å². The summed E-state index contributed by atoms with van der Waals surface area (Å²) in [7, 11) is 1.38. The summed E-state index contributed by atoms with van der Waals surface area (Å²) >= 11 is 3.47. The van der Waals surface area contributed by atoms with Crippen LogP contribution in [0.1, 0.15) is 24.8 Å². The molecule has 2 aromatic rings. The van der Waals surface area contributed by atoms with Crippen LogP contribution < -0.4 is 0 Å². The number of fused-ring (bicyclic) bond motifs is 1. The number of amides is 1.